The zero-order chi connectivity index (χ0) is 17.2. The Bertz CT molecular complexity index is 202. The van der Waals surface area contributed by atoms with E-state index in [2.05, 4.69) is 13.8 Å². The van der Waals surface area contributed by atoms with Gasteiger partial charge in [-0.25, -0.2) is 0 Å². The van der Waals surface area contributed by atoms with Crippen LogP contribution in [0.15, 0.2) is 0 Å². The normalized spacial score (nSPS) is 14.1. The van der Waals surface area contributed by atoms with Crippen molar-refractivity contribution in [2.24, 2.45) is 0 Å². The molecule has 1 nitrogen and oxygen atoms in total. The average molecular weight is 367 g/mol. The van der Waals surface area contributed by atoms with E-state index < -0.39 is 0 Å². The van der Waals surface area contributed by atoms with Crippen LogP contribution in [-0.4, -0.2) is 11.1 Å². The van der Waals surface area contributed by atoms with Crippen molar-refractivity contribution in [3.8, 4) is 0 Å². The second-order valence-electron chi connectivity index (χ2n) is 6.78. The summed E-state index contributed by atoms with van der Waals surface area (Å²) in [6.07, 6.45) is 20.2. The van der Waals surface area contributed by atoms with E-state index in [1.165, 1.54) is 77.0 Å². The second-order valence-corrected chi connectivity index (χ2v) is 7.75. The molecule has 0 N–H and O–H groups in total. The maximum atomic E-state index is 6.23. The molecule has 23 heavy (non-hydrogen) atoms. The molecule has 0 aliphatic carbocycles. The molecular weight excluding hydrogens is 327 g/mol. The molecule has 0 aromatic heterocycles. The maximum Gasteiger partial charge on any atom is 0.133 e. The van der Waals surface area contributed by atoms with E-state index in [9.17, 15) is 0 Å². The van der Waals surface area contributed by atoms with E-state index in [0.717, 1.165) is 25.7 Å². The van der Waals surface area contributed by atoms with Crippen LogP contribution in [-0.2, 0) is 4.74 Å². The van der Waals surface area contributed by atoms with Gasteiger partial charge < -0.3 is 4.74 Å². The number of halogens is 2. The van der Waals surface area contributed by atoms with Crippen molar-refractivity contribution < 1.29 is 4.74 Å². The van der Waals surface area contributed by atoms with E-state index in [-0.39, 0.29) is 11.1 Å². The number of alkyl halides is 2. The van der Waals surface area contributed by atoms with Crippen molar-refractivity contribution in [2.75, 3.05) is 0 Å². The highest BCUT2D eigenvalue weighted by Crippen LogP contribution is 2.19. The van der Waals surface area contributed by atoms with E-state index >= 15 is 0 Å². The Morgan fingerprint density at radius 2 is 0.826 bits per heavy atom. The fourth-order valence-electron chi connectivity index (χ4n) is 2.82. The molecule has 0 aromatic rings. The minimum Gasteiger partial charge on any atom is -0.344 e. The van der Waals surface area contributed by atoms with E-state index in [1.807, 2.05) is 0 Å². The minimum absolute atomic E-state index is 0.210. The Balaban J connectivity index is 3.32. The Hall–Kier alpha value is 0.540. The third kappa shape index (κ3) is 18.7. The highest BCUT2D eigenvalue weighted by Gasteiger charge is 2.11. The van der Waals surface area contributed by atoms with Crippen LogP contribution in [0.5, 0.6) is 0 Å². The van der Waals surface area contributed by atoms with Gasteiger partial charge in [0.05, 0.1) is 0 Å². The van der Waals surface area contributed by atoms with Gasteiger partial charge >= 0.3 is 0 Å². The molecule has 0 aliphatic rings. The zero-order valence-electron chi connectivity index (χ0n) is 15.6. The Morgan fingerprint density at radius 1 is 0.522 bits per heavy atom. The standard InChI is InChI=1S/C20H40Cl2O/c1-3-5-7-9-11-13-15-17-19(21)23-20(22)18-16-14-12-10-8-6-4-2/h19-20H,3-18H2,1-2H3. The monoisotopic (exact) mass is 366 g/mol. The van der Waals surface area contributed by atoms with Crippen LogP contribution in [0.3, 0.4) is 0 Å². The molecule has 0 aromatic carbocycles. The summed E-state index contributed by atoms with van der Waals surface area (Å²) in [5, 5.41) is 0. The van der Waals surface area contributed by atoms with Gasteiger partial charge in [0.25, 0.3) is 0 Å². The predicted molar refractivity (Wildman–Crippen MR) is 106 cm³/mol. The smallest absolute Gasteiger partial charge is 0.133 e. The zero-order valence-corrected chi connectivity index (χ0v) is 17.1. The lowest BCUT2D eigenvalue weighted by molar-refractivity contribution is 0.0690. The molecule has 2 atom stereocenters. The largest absolute Gasteiger partial charge is 0.344 e. The van der Waals surface area contributed by atoms with Gasteiger partial charge in [-0.3, -0.25) is 0 Å². The average Bonchev–Trinajstić information content (AvgIpc) is 2.53. The first-order valence-corrected chi connectivity index (χ1v) is 11.0. The van der Waals surface area contributed by atoms with Crippen LogP contribution in [0.2, 0.25) is 0 Å². The molecule has 0 saturated carbocycles. The first-order valence-electron chi connectivity index (χ1n) is 10.1. The van der Waals surface area contributed by atoms with Crippen molar-refractivity contribution in [2.45, 2.75) is 128 Å². The second kappa shape index (κ2) is 18.9. The molecule has 0 saturated heterocycles. The summed E-state index contributed by atoms with van der Waals surface area (Å²) >= 11 is 12.5. The van der Waals surface area contributed by atoms with Gasteiger partial charge in [-0.05, 0) is 25.7 Å². The number of ether oxygens (including phenoxy) is 1. The lowest BCUT2D eigenvalue weighted by atomic mass is 10.1. The van der Waals surface area contributed by atoms with Crippen molar-refractivity contribution in [3.63, 3.8) is 0 Å². The summed E-state index contributed by atoms with van der Waals surface area (Å²) in [5.74, 6) is 0. The van der Waals surface area contributed by atoms with Crippen LogP contribution in [0.25, 0.3) is 0 Å². The molecule has 0 aliphatic heterocycles. The summed E-state index contributed by atoms with van der Waals surface area (Å²) in [6, 6.07) is 0. The van der Waals surface area contributed by atoms with E-state index in [4.69, 9.17) is 27.9 Å². The number of rotatable bonds is 18. The summed E-state index contributed by atoms with van der Waals surface area (Å²) in [5.41, 5.74) is -0.421. The van der Waals surface area contributed by atoms with Crippen molar-refractivity contribution in [1.29, 1.82) is 0 Å². The predicted octanol–water partition coefficient (Wildman–Crippen LogP) is 8.41. The quantitative estimate of drug-likeness (QED) is 0.174. The molecule has 0 fully saturated rings. The van der Waals surface area contributed by atoms with Gasteiger partial charge in [0, 0.05) is 0 Å². The molecule has 0 amide bonds. The van der Waals surface area contributed by atoms with Crippen molar-refractivity contribution >= 4 is 23.2 Å². The number of hydrogen-bond acceptors (Lipinski definition) is 1. The van der Waals surface area contributed by atoms with Crippen LogP contribution in [0.4, 0.5) is 0 Å². The minimum atomic E-state index is -0.210. The molecule has 0 rings (SSSR count). The van der Waals surface area contributed by atoms with Gasteiger partial charge in [-0.2, -0.15) is 0 Å². The molecule has 140 valence electrons. The summed E-state index contributed by atoms with van der Waals surface area (Å²) in [7, 11) is 0. The maximum absolute atomic E-state index is 6.23. The highest BCUT2D eigenvalue weighted by molar-refractivity contribution is 6.21. The molecule has 0 bridgehead atoms. The SMILES string of the molecule is CCCCCCCCCC(Cl)OC(Cl)CCCCCCCCC. The molecule has 0 spiro atoms. The number of unbranched alkanes of at least 4 members (excludes halogenated alkanes) is 12. The highest BCUT2D eigenvalue weighted by atomic mass is 35.5. The topological polar surface area (TPSA) is 9.23 Å². The first kappa shape index (κ1) is 23.5. The molecule has 2 unspecified atom stereocenters. The fourth-order valence-corrected chi connectivity index (χ4v) is 3.43. The third-order valence-corrected chi connectivity index (χ3v) is 5.01. The third-order valence-electron chi connectivity index (χ3n) is 4.36. The molecule has 3 heteroatoms. The lowest BCUT2D eigenvalue weighted by Gasteiger charge is -2.16. The van der Waals surface area contributed by atoms with Gasteiger partial charge in [-0.15, -0.1) is 0 Å². The lowest BCUT2D eigenvalue weighted by Crippen LogP contribution is -2.13. The first-order chi connectivity index (χ1) is 11.2. The van der Waals surface area contributed by atoms with Crippen LogP contribution in [0, 0.1) is 0 Å². The van der Waals surface area contributed by atoms with Crippen LogP contribution >= 0.6 is 23.2 Å². The molecular formula is C20H40Cl2O. The van der Waals surface area contributed by atoms with Gasteiger partial charge in [0.15, 0.2) is 0 Å². The van der Waals surface area contributed by atoms with Gasteiger partial charge in [0.1, 0.15) is 11.1 Å². The van der Waals surface area contributed by atoms with Gasteiger partial charge in [-0.1, -0.05) is 114 Å². The fraction of sp³-hybridized carbons (Fsp3) is 1.00. The van der Waals surface area contributed by atoms with Crippen LogP contribution < -0.4 is 0 Å². The Morgan fingerprint density at radius 3 is 1.17 bits per heavy atom. The van der Waals surface area contributed by atoms with Crippen molar-refractivity contribution in [3.05, 3.63) is 0 Å². The Labute approximate surface area is 155 Å². The van der Waals surface area contributed by atoms with Gasteiger partial charge in [0.2, 0.25) is 0 Å². The molecule has 0 radical (unpaired) electrons. The number of hydrogen-bond donors (Lipinski definition) is 0. The van der Waals surface area contributed by atoms with E-state index in [1.54, 1.807) is 0 Å². The summed E-state index contributed by atoms with van der Waals surface area (Å²) < 4.78 is 5.67. The summed E-state index contributed by atoms with van der Waals surface area (Å²) in [6.45, 7) is 4.51. The van der Waals surface area contributed by atoms with Crippen LogP contribution in [0.1, 0.15) is 117 Å². The Kier molecular flexibility index (Phi) is 19.3. The van der Waals surface area contributed by atoms with Crippen molar-refractivity contribution in [1.82, 2.24) is 0 Å². The molecule has 0 heterocycles. The summed E-state index contributed by atoms with van der Waals surface area (Å²) in [4.78, 5) is 0. The van der Waals surface area contributed by atoms with E-state index in [0.29, 0.717) is 0 Å².